The van der Waals surface area contributed by atoms with Crippen LogP contribution in [0.4, 0.5) is 4.39 Å². The predicted molar refractivity (Wildman–Crippen MR) is 156 cm³/mol. The summed E-state index contributed by atoms with van der Waals surface area (Å²) in [6.07, 6.45) is 10.4. The molecule has 0 amide bonds. The molecule has 2 aliphatic rings. The van der Waals surface area contributed by atoms with Crippen molar-refractivity contribution in [2.45, 2.75) is 18.9 Å². The summed E-state index contributed by atoms with van der Waals surface area (Å²) in [6, 6.07) is 12.4. The molecule has 9 nitrogen and oxygen atoms in total. The molecule has 2 aromatic heterocycles. The first-order valence-corrected chi connectivity index (χ1v) is 13.6. The van der Waals surface area contributed by atoms with Crippen molar-refractivity contribution in [1.82, 2.24) is 24.8 Å². The van der Waals surface area contributed by atoms with Gasteiger partial charge in [0.05, 0.1) is 49.1 Å². The van der Waals surface area contributed by atoms with E-state index in [-0.39, 0.29) is 11.9 Å². The number of H-pyrrole nitrogens is 1. The number of imidazole rings is 1. The van der Waals surface area contributed by atoms with E-state index < -0.39 is 0 Å². The van der Waals surface area contributed by atoms with Crippen LogP contribution in [0.15, 0.2) is 65.9 Å². The summed E-state index contributed by atoms with van der Waals surface area (Å²) in [6.45, 7) is 5.76. The van der Waals surface area contributed by atoms with E-state index in [1.165, 1.54) is 12.3 Å². The van der Waals surface area contributed by atoms with Gasteiger partial charge in [0, 0.05) is 44.2 Å². The van der Waals surface area contributed by atoms with Crippen LogP contribution in [0.3, 0.4) is 0 Å². The second kappa shape index (κ2) is 13.3. The van der Waals surface area contributed by atoms with Crippen molar-refractivity contribution in [3.05, 3.63) is 83.8 Å². The first-order chi connectivity index (χ1) is 19.6. The maximum atomic E-state index is 13.8. The fraction of sp³-hybridized carbons (Fsp3) is 0.333. The Kier molecular flexibility index (Phi) is 9.10. The number of nitrogens with two attached hydrogens (primary N) is 1. The average Bonchev–Trinajstić information content (AvgIpc) is 3.67. The van der Waals surface area contributed by atoms with Crippen molar-refractivity contribution in [2.24, 2.45) is 10.7 Å². The van der Waals surface area contributed by atoms with Gasteiger partial charge in [0.1, 0.15) is 17.5 Å². The zero-order valence-corrected chi connectivity index (χ0v) is 22.5. The van der Waals surface area contributed by atoms with Crippen molar-refractivity contribution < 1.29 is 9.13 Å². The number of hydrogen-bond acceptors (Lipinski definition) is 7. The van der Waals surface area contributed by atoms with Gasteiger partial charge in [-0.2, -0.15) is 0 Å². The molecule has 4 N–H and O–H groups in total. The third kappa shape index (κ3) is 6.88. The molecular weight excluding hydrogens is 507 g/mol. The van der Waals surface area contributed by atoms with E-state index in [1.807, 2.05) is 29.2 Å². The van der Waals surface area contributed by atoms with Gasteiger partial charge in [-0.15, -0.1) is 0 Å². The Labute approximate surface area is 233 Å². The number of nitrogens with one attached hydrogen (secondary N) is 2. The lowest BCUT2D eigenvalue weighted by molar-refractivity contribution is 0.0395. The fourth-order valence-electron chi connectivity index (χ4n) is 5.05. The van der Waals surface area contributed by atoms with Gasteiger partial charge < -0.3 is 20.4 Å². The molecule has 0 saturated carbocycles. The molecule has 1 aromatic carbocycles. The highest BCUT2D eigenvalue weighted by Crippen LogP contribution is 2.32. The van der Waals surface area contributed by atoms with Gasteiger partial charge in [-0.25, -0.2) is 14.4 Å². The highest BCUT2D eigenvalue weighted by Gasteiger charge is 2.27. The summed E-state index contributed by atoms with van der Waals surface area (Å²) in [5.74, 6) is 0.737. The van der Waals surface area contributed by atoms with Gasteiger partial charge in [0.25, 0.3) is 0 Å². The zero-order chi connectivity index (χ0) is 27.7. The molecule has 208 valence electrons. The SMILES string of the molecule is N=C(/C=C\c1ncc(-c2cccc(/C(C=NCCN3CCOCC3)=C/N)n2)[nH]1)N1CCC[C@@H]1c1cccc(F)c1. The second-order valence-electron chi connectivity index (χ2n) is 9.83. The average molecular weight is 543 g/mol. The summed E-state index contributed by atoms with van der Waals surface area (Å²) >= 11 is 0. The number of hydrogen-bond donors (Lipinski definition) is 3. The Morgan fingerprint density at radius 3 is 2.88 bits per heavy atom. The maximum absolute atomic E-state index is 13.8. The van der Waals surface area contributed by atoms with Crippen molar-refractivity contribution >= 4 is 23.7 Å². The molecule has 3 aromatic rings. The third-order valence-electron chi connectivity index (χ3n) is 7.17. The van der Waals surface area contributed by atoms with Gasteiger partial charge in [-0.1, -0.05) is 18.2 Å². The van der Waals surface area contributed by atoms with Crippen LogP contribution in [0.5, 0.6) is 0 Å². The highest BCUT2D eigenvalue weighted by molar-refractivity contribution is 6.08. The Balaban J connectivity index is 1.21. The highest BCUT2D eigenvalue weighted by atomic mass is 19.1. The number of pyridine rings is 1. The molecule has 0 spiro atoms. The lowest BCUT2D eigenvalue weighted by atomic mass is 10.0. The van der Waals surface area contributed by atoms with Gasteiger partial charge in [0.15, 0.2) is 0 Å². The molecule has 2 aliphatic heterocycles. The lowest BCUT2D eigenvalue weighted by Crippen LogP contribution is -2.37. The number of likely N-dealkylation sites (tertiary alicyclic amines) is 1. The molecule has 1 atom stereocenters. The molecule has 2 saturated heterocycles. The van der Waals surface area contributed by atoms with E-state index in [9.17, 15) is 4.39 Å². The number of morpholine rings is 1. The van der Waals surface area contributed by atoms with Gasteiger partial charge >= 0.3 is 0 Å². The first-order valence-electron chi connectivity index (χ1n) is 13.6. The summed E-state index contributed by atoms with van der Waals surface area (Å²) in [7, 11) is 0. The number of nitrogens with zero attached hydrogens (tertiary/aromatic N) is 5. The molecule has 5 rings (SSSR count). The summed E-state index contributed by atoms with van der Waals surface area (Å²) < 4.78 is 19.1. The van der Waals surface area contributed by atoms with E-state index in [0.29, 0.717) is 18.2 Å². The topological polar surface area (TPSA) is 120 Å². The number of halogens is 1. The number of ether oxygens (including phenoxy) is 1. The molecular formula is C30H35FN8O. The number of benzene rings is 1. The Morgan fingerprint density at radius 1 is 1.20 bits per heavy atom. The minimum absolute atomic E-state index is 0.000320. The van der Waals surface area contributed by atoms with Crippen molar-refractivity contribution in [3.63, 3.8) is 0 Å². The first kappa shape index (κ1) is 27.4. The molecule has 0 radical (unpaired) electrons. The van der Waals surface area contributed by atoms with E-state index in [2.05, 4.69) is 19.9 Å². The largest absolute Gasteiger partial charge is 0.404 e. The van der Waals surface area contributed by atoms with Crippen molar-refractivity contribution in [3.8, 4) is 11.4 Å². The van der Waals surface area contributed by atoms with Crippen LogP contribution in [0.2, 0.25) is 0 Å². The van der Waals surface area contributed by atoms with Crippen LogP contribution in [0.1, 0.15) is 36.0 Å². The van der Waals surface area contributed by atoms with Crippen molar-refractivity contribution in [2.75, 3.05) is 45.9 Å². The minimum atomic E-state index is -0.252. The standard InChI is InChI=1S/C30H35FN8O/c31-24-5-1-4-22(18-24)28-8-3-12-39(28)29(33)9-10-30-35-21-27(37-30)26-7-2-6-25(36-26)23(19-32)20-34-11-13-38-14-16-40-17-15-38/h1-2,4-7,9-10,18-21,28,33H,3,8,11-17,32H2,(H,35,37)/b10-9-,23-19+,33-29?,34-20?/t28-/m1/s1. The molecule has 0 unspecified atom stereocenters. The van der Waals surface area contributed by atoms with Gasteiger partial charge in [-0.3, -0.25) is 15.3 Å². The van der Waals surface area contributed by atoms with Crippen molar-refractivity contribution in [1.29, 1.82) is 5.41 Å². The predicted octanol–water partition coefficient (Wildman–Crippen LogP) is 4.14. The van der Waals surface area contributed by atoms with Gasteiger partial charge in [0.2, 0.25) is 0 Å². The molecule has 10 heteroatoms. The Hall–Kier alpha value is -4.15. The number of amidine groups is 1. The number of rotatable bonds is 9. The molecule has 2 fully saturated rings. The van der Waals surface area contributed by atoms with Gasteiger partial charge in [-0.05, 0) is 54.8 Å². The van der Waals surface area contributed by atoms with E-state index in [4.69, 9.17) is 20.9 Å². The maximum Gasteiger partial charge on any atom is 0.130 e. The van der Waals surface area contributed by atoms with E-state index >= 15 is 0 Å². The molecule has 0 bridgehead atoms. The Bertz CT molecular complexity index is 1390. The monoisotopic (exact) mass is 542 g/mol. The second-order valence-corrected chi connectivity index (χ2v) is 9.83. The zero-order valence-electron chi connectivity index (χ0n) is 22.5. The number of allylic oxidation sites excluding steroid dienone is 1. The lowest BCUT2D eigenvalue weighted by Gasteiger charge is -2.26. The Morgan fingerprint density at radius 2 is 2.05 bits per heavy atom. The molecule has 40 heavy (non-hydrogen) atoms. The number of aliphatic imine (C=N–C) groups is 1. The van der Waals surface area contributed by atoms with E-state index in [1.54, 1.807) is 36.7 Å². The van der Waals surface area contributed by atoms with Crippen LogP contribution < -0.4 is 5.73 Å². The molecule has 0 aliphatic carbocycles. The third-order valence-corrected chi connectivity index (χ3v) is 7.17. The van der Waals surface area contributed by atoms with Crippen LogP contribution in [-0.4, -0.2) is 82.7 Å². The summed E-state index contributed by atoms with van der Waals surface area (Å²) in [4.78, 5) is 21.4. The number of aromatic amines is 1. The number of aromatic nitrogens is 3. The minimum Gasteiger partial charge on any atom is -0.404 e. The smallest absolute Gasteiger partial charge is 0.130 e. The summed E-state index contributed by atoms with van der Waals surface area (Å²) in [5.41, 5.74) is 9.76. The normalized spacial score (nSPS) is 18.8. The van der Waals surface area contributed by atoms with Crippen LogP contribution in [0.25, 0.3) is 23.0 Å². The quantitative estimate of drug-likeness (QED) is 0.276. The van der Waals surface area contributed by atoms with Crippen LogP contribution in [-0.2, 0) is 4.74 Å². The van der Waals surface area contributed by atoms with Crippen LogP contribution in [0, 0.1) is 11.2 Å². The summed E-state index contributed by atoms with van der Waals surface area (Å²) in [5, 5.41) is 8.62. The fourth-order valence-corrected chi connectivity index (χ4v) is 5.05. The van der Waals surface area contributed by atoms with E-state index in [0.717, 1.165) is 80.5 Å². The van der Waals surface area contributed by atoms with Crippen LogP contribution >= 0.6 is 0 Å². The molecule has 4 heterocycles.